The molecule has 40 heavy (non-hydrogen) atoms. The molecule has 2 aliphatic heterocycles. The predicted molar refractivity (Wildman–Crippen MR) is 145 cm³/mol. The quantitative estimate of drug-likeness (QED) is 0.409. The molecule has 0 bridgehead atoms. The second-order valence-electron chi connectivity index (χ2n) is 10.9. The number of hydrogen-bond acceptors (Lipinski definition) is 8. The molecule has 2 fully saturated rings. The van der Waals surface area contributed by atoms with Gasteiger partial charge in [-0.1, -0.05) is 60.7 Å². The van der Waals surface area contributed by atoms with Crippen molar-refractivity contribution in [2.45, 2.75) is 70.4 Å². The molecule has 1 spiro atoms. The van der Waals surface area contributed by atoms with Crippen LogP contribution in [0.2, 0.25) is 0 Å². The van der Waals surface area contributed by atoms with Gasteiger partial charge in [-0.2, -0.15) is 0 Å². The molecule has 0 radical (unpaired) electrons. The molecule has 0 amide bonds. The molecule has 3 heterocycles. The van der Waals surface area contributed by atoms with Crippen molar-refractivity contribution in [2.24, 2.45) is 0 Å². The van der Waals surface area contributed by atoms with Crippen LogP contribution in [0.4, 0.5) is 0 Å². The summed E-state index contributed by atoms with van der Waals surface area (Å²) in [4.78, 5) is 26.5. The predicted octanol–water partition coefficient (Wildman–Crippen LogP) is 2.88. The Kier molecular flexibility index (Phi) is 8.10. The molecule has 3 atom stereocenters. The van der Waals surface area contributed by atoms with Crippen LogP contribution < -0.4 is 11.2 Å². The van der Waals surface area contributed by atoms with Crippen LogP contribution in [-0.2, 0) is 43.6 Å². The Balaban J connectivity index is 1.42. The number of hydrogen-bond donors (Lipinski definition) is 1. The van der Waals surface area contributed by atoms with Crippen molar-refractivity contribution < 1.29 is 28.8 Å². The summed E-state index contributed by atoms with van der Waals surface area (Å²) in [5.41, 5.74) is -1.19. The normalized spacial score (nSPS) is 25.6. The maximum absolute atomic E-state index is 13.6. The van der Waals surface area contributed by atoms with Crippen molar-refractivity contribution in [3.63, 3.8) is 0 Å². The zero-order chi connectivity index (χ0) is 28.4. The van der Waals surface area contributed by atoms with Crippen LogP contribution >= 0.6 is 0 Å². The second kappa shape index (κ2) is 11.4. The lowest BCUT2D eigenvalue weighted by atomic mass is 9.83. The maximum Gasteiger partial charge on any atom is 0.335 e. The number of aliphatic hydroxyl groups excluding tert-OH is 1. The van der Waals surface area contributed by atoms with Crippen molar-refractivity contribution in [1.29, 1.82) is 0 Å². The minimum atomic E-state index is -1.32. The van der Waals surface area contributed by atoms with Crippen molar-refractivity contribution in [2.75, 3.05) is 19.8 Å². The number of aryl methyl sites for hydroxylation is 1. The lowest BCUT2D eigenvalue weighted by molar-refractivity contribution is -0.226. The smallest absolute Gasteiger partial charge is 0.335 e. The molecule has 1 N–H and O–H groups in total. The highest BCUT2D eigenvalue weighted by Gasteiger charge is 2.66. The highest BCUT2D eigenvalue weighted by Crippen LogP contribution is 2.52. The lowest BCUT2D eigenvalue weighted by Gasteiger charge is -2.39. The number of ether oxygens (including phenoxy) is 5. The summed E-state index contributed by atoms with van der Waals surface area (Å²) in [6, 6.07) is 19.2. The molecule has 3 aromatic rings. The van der Waals surface area contributed by atoms with E-state index >= 15 is 0 Å². The van der Waals surface area contributed by atoms with Gasteiger partial charge in [-0.05, 0) is 31.9 Å². The third-order valence-electron chi connectivity index (χ3n) is 7.50. The van der Waals surface area contributed by atoms with E-state index in [-0.39, 0.29) is 33.0 Å². The summed E-state index contributed by atoms with van der Waals surface area (Å²) in [6.45, 7) is 5.27. The van der Waals surface area contributed by atoms with Crippen LogP contribution in [0.15, 0.2) is 76.4 Å². The van der Waals surface area contributed by atoms with Gasteiger partial charge in [0.25, 0.3) is 5.56 Å². The molecular formula is C30H36N2O8. The van der Waals surface area contributed by atoms with E-state index in [2.05, 4.69) is 0 Å². The largest absolute Gasteiger partial charge is 0.393 e. The molecule has 10 nitrogen and oxygen atoms in total. The third kappa shape index (κ3) is 5.56. The van der Waals surface area contributed by atoms with Gasteiger partial charge in [0, 0.05) is 18.2 Å². The van der Waals surface area contributed by atoms with Gasteiger partial charge in [-0.3, -0.25) is 9.36 Å². The fourth-order valence-corrected chi connectivity index (χ4v) is 5.39. The van der Waals surface area contributed by atoms with Crippen molar-refractivity contribution >= 4 is 0 Å². The van der Waals surface area contributed by atoms with Gasteiger partial charge >= 0.3 is 5.69 Å². The van der Waals surface area contributed by atoms with E-state index in [1.54, 1.807) is 20.8 Å². The molecule has 5 rings (SSSR count). The molecule has 1 aromatic heterocycles. The molecule has 0 saturated carbocycles. The minimum Gasteiger partial charge on any atom is -0.393 e. The first-order chi connectivity index (χ1) is 19.2. The molecular weight excluding hydrogens is 516 g/mol. The van der Waals surface area contributed by atoms with Crippen LogP contribution in [0, 0.1) is 6.92 Å². The summed E-state index contributed by atoms with van der Waals surface area (Å²) >= 11 is 0. The Hall–Kier alpha value is -3.12. The number of nitrogens with zero attached hydrogens (tertiary/aromatic N) is 2. The molecule has 2 aliphatic rings. The monoisotopic (exact) mass is 552 g/mol. The summed E-state index contributed by atoms with van der Waals surface area (Å²) in [7, 11) is 0. The molecule has 1 unspecified atom stereocenters. The molecule has 214 valence electrons. The molecule has 2 saturated heterocycles. The van der Waals surface area contributed by atoms with E-state index in [9.17, 15) is 14.7 Å². The van der Waals surface area contributed by atoms with Gasteiger partial charge in [0.2, 0.25) is 0 Å². The van der Waals surface area contributed by atoms with Gasteiger partial charge in [0.15, 0.2) is 5.79 Å². The van der Waals surface area contributed by atoms with E-state index in [4.69, 9.17) is 23.7 Å². The summed E-state index contributed by atoms with van der Waals surface area (Å²) in [5, 5.41) is 10.7. The maximum atomic E-state index is 13.6. The Morgan fingerprint density at radius 1 is 0.975 bits per heavy atom. The number of rotatable bonds is 10. The van der Waals surface area contributed by atoms with Crippen molar-refractivity contribution in [3.8, 4) is 0 Å². The van der Waals surface area contributed by atoms with Gasteiger partial charge in [0.1, 0.15) is 24.2 Å². The van der Waals surface area contributed by atoms with Gasteiger partial charge in [0.05, 0.1) is 33.0 Å². The Morgan fingerprint density at radius 3 is 2.17 bits per heavy atom. The van der Waals surface area contributed by atoms with E-state index in [1.807, 2.05) is 60.7 Å². The first-order valence-electron chi connectivity index (χ1n) is 13.4. The first kappa shape index (κ1) is 28.4. The second-order valence-corrected chi connectivity index (χ2v) is 10.9. The van der Waals surface area contributed by atoms with Crippen LogP contribution in [0.5, 0.6) is 0 Å². The minimum absolute atomic E-state index is 0.00188. The average molecular weight is 553 g/mol. The number of aromatic nitrogens is 2. The highest BCUT2D eigenvalue weighted by molar-refractivity contribution is 5.16. The van der Waals surface area contributed by atoms with E-state index in [1.165, 1.54) is 10.8 Å². The topological polar surface area (TPSA) is 110 Å². The van der Waals surface area contributed by atoms with Crippen LogP contribution in [0.3, 0.4) is 0 Å². The van der Waals surface area contributed by atoms with Crippen LogP contribution in [-0.4, -0.2) is 51.1 Å². The van der Waals surface area contributed by atoms with Crippen molar-refractivity contribution in [1.82, 2.24) is 9.13 Å². The SMILES string of the molecule is Cc1cn([C@H]2CC3(COC(C)(C)O3)[C@@](CO)(COCc3ccccc3)O2)c(=O)n(COCc2ccccc2)c1=O. The molecule has 0 aliphatic carbocycles. The lowest BCUT2D eigenvalue weighted by Crippen LogP contribution is -2.59. The summed E-state index contributed by atoms with van der Waals surface area (Å²) in [6.07, 6.45) is 0.835. The van der Waals surface area contributed by atoms with Gasteiger partial charge < -0.3 is 28.8 Å². The van der Waals surface area contributed by atoms with Crippen molar-refractivity contribution in [3.05, 3.63) is 104 Å². The summed E-state index contributed by atoms with van der Waals surface area (Å²) < 4.78 is 33.0. The molecule has 10 heteroatoms. The third-order valence-corrected chi connectivity index (χ3v) is 7.50. The van der Waals surface area contributed by atoms with Crippen LogP contribution in [0.25, 0.3) is 0 Å². The van der Waals surface area contributed by atoms with E-state index < -0.39 is 41.1 Å². The molecule has 2 aromatic carbocycles. The fraction of sp³-hybridized carbons (Fsp3) is 0.467. The van der Waals surface area contributed by atoms with Gasteiger partial charge in [-0.15, -0.1) is 0 Å². The van der Waals surface area contributed by atoms with E-state index in [0.29, 0.717) is 12.2 Å². The Bertz CT molecular complexity index is 1420. The first-order valence-corrected chi connectivity index (χ1v) is 13.4. The number of benzene rings is 2. The zero-order valence-electron chi connectivity index (χ0n) is 23.1. The number of aliphatic hydroxyl groups is 1. The van der Waals surface area contributed by atoms with E-state index in [0.717, 1.165) is 15.7 Å². The fourth-order valence-electron chi connectivity index (χ4n) is 5.39. The zero-order valence-corrected chi connectivity index (χ0v) is 23.1. The standard InChI is InChI=1S/C30H36N2O8/c1-22-15-31(27(35)32(26(22)34)21-37-17-24-12-8-5-9-13-24)25-14-29(20-38-28(2,3)40-29)30(18-33,39-25)19-36-16-23-10-6-4-7-11-23/h4-13,15,25,33H,14,16-21H2,1-3H3/t25-,29?,30-/m1/s1. The van der Waals surface area contributed by atoms with Gasteiger partial charge in [-0.25, -0.2) is 9.36 Å². The Morgan fingerprint density at radius 2 is 1.60 bits per heavy atom. The highest BCUT2D eigenvalue weighted by atomic mass is 16.8. The summed E-state index contributed by atoms with van der Waals surface area (Å²) in [5.74, 6) is -0.928. The Labute approximate surface area is 232 Å². The van der Waals surface area contributed by atoms with Crippen LogP contribution in [0.1, 0.15) is 43.2 Å². The average Bonchev–Trinajstić information content (AvgIpc) is 3.44.